The van der Waals surface area contributed by atoms with Crippen LogP contribution >= 0.6 is 11.6 Å². The fourth-order valence-electron chi connectivity index (χ4n) is 1.15. The highest BCUT2D eigenvalue weighted by molar-refractivity contribution is 6.30. The maximum Gasteiger partial charge on any atom is 0.141 e. The summed E-state index contributed by atoms with van der Waals surface area (Å²) in [7, 11) is 0. The van der Waals surface area contributed by atoms with Crippen LogP contribution in [0.5, 0.6) is 0 Å². The van der Waals surface area contributed by atoms with Crippen molar-refractivity contribution in [3.05, 3.63) is 34.6 Å². The van der Waals surface area contributed by atoms with Crippen LogP contribution in [0, 0.1) is 11.7 Å². The van der Waals surface area contributed by atoms with E-state index in [1.165, 1.54) is 6.07 Å². The zero-order valence-corrected chi connectivity index (χ0v) is 8.74. The number of benzene rings is 1. The van der Waals surface area contributed by atoms with Crippen molar-refractivity contribution in [3.63, 3.8) is 0 Å². The highest BCUT2D eigenvalue weighted by Crippen LogP contribution is 2.18. The summed E-state index contributed by atoms with van der Waals surface area (Å²) in [4.78, 5) is 0. The third-order valence-electron chi connectivity index (χ3n) is 1.99. The molecule has 0 aliphatic heterocycles. The molecular weight excluding hydrogens is 187 g/mol. The van der Waals surface area contributed by atoms with E-state index in [1.54, 1.807) is 12.1 Å². The van der Waals surface area contributed by atoms with Gasteiger partial charge in [-0.05, 0) is 36.5 Å². The second-order valence-electron chi connectivity index (χ2n) is 3.68. The summed E-state index contributed by atoms with van der Waals surface area (Å²) in [5.41, 5.74) is 1.11. The molecule has 0 heterocycles. The van der Waals surface area contributed by atoms with Crippen LogP contribution in [0.2, 0.25) is 5.02 Å². The fraction of sp³-hybridized carbons (Fsp3) is 0.455. The van der Waals surface area contributed by atoms with Crippen LogP contribution in [0.25, 0.3) is 0 Å². The predicted molar refractivity (Wildman–Crippen MR) is 54.6 cm³/mol. The minimum atomic E-state index is -0.338. The van der Waals surface area contributed by atoms with E-state index in [1.807, 2.05) is 0 Å². The lowest BCUT2D eigenvalue weighted by atomic mass is 10.0. The van der Waals surface area contributed by atoms with Crippen molar-refractivity contribution in [1.29, 1.82) is 0 Å². The molecular formula is C11H14ClF. The maximum absolute atomic E-state index is 12.8. The van der Waals surface area contributed by atoms with Gasteiger partial charge in [0.2, 0.25) is 0 Å². The Hall–Kier alpha value is -0.560. The van der Waals surface area contributed by atoms with Crippen LogP contribution in [0.15, 0.2) is 18.2 Å². The van der Waals surface area contributed by atoms with E-state index in [-0.39, 0.29) is 10.8 Å². The van der Waals surface area contributed by atoms with E-state index >= 15 is 0 Å². The van der Waals surface area contributed by atoms with Gasteiger partial charge in [0, 0.05) is 0 Å². The predicted octanol–water partition coefficient (Wildman–Crippen LogP) is 4.07. The minimum absolute atomic E-state index is 0.223. The van der Waals surface area contributed by atoms with E-state index in [0.717, 1.165) is 18.4 Å². The van der Waals surface area contributed by atoms with E-state index in [4.69, 9.17) is 11.6 Å². The molecule has 2 heteroatoms. The summed E-state index contributed by atoms with van der Waals surface area (Å²) in [6, 6.07) is 4.93. The Bertz CT molecular complexity index is 281. The van der Waals surface area contributed by atoms with Crippen molar-refractivity contribution in [2.75, 3.05) is 0 Å². The third kappa shape index (κ3) is 3.35. The number of halogens is 2. The second kappa shape index (κ2) is 4.61. The summed E-state index contributed by atoms with van der Waals surface area (Å²) in [6.45, 7) is 4.34. The lowest BCUT2D eigenvalue weighted by Crippen LogP contribution is -1.92. The summed E-state index contributed by atoms with van der Waals surface area (Å²) >= 11 is 5.65. The molecule has 0 aromatic heterocycles. The van der Waals surface area contributed by atoms with Crippen molar-refractivity contribution in [3.8, 4) is 0 Å². The van der Waals surface area contributed by atoms with Crippen molar-refractivity contribution in [1.82, 2.24) is 0 Å². The van der Waals surface area contributed by atoms with Gasteiger partial charge < -0.3 is 0 Å². The van der Waals surface area contributed by atoms with Crippen LogP contribution in [-0.2, 0) is 6.42 Å². The molecule has 0 bridgehead atoms. The van der Waals surface area contributed by atoms with E-state index in [2.05, 4.69) is 13.8 Å². The molecule has 0 aliphatic rings. The van der Waals surface area contributed by atoms with Gasteiger partial charge in [0.05, 0.1) is 5.02 Å². The highest BCUT2D eigenvalue weighted by atomic mass is 35.5. The largest absolute Gasteiger partial charge is 0.205 e. The van der Waals surface area contributed by atoms with Gasteiger partial charge >= 0.3 is 0 Å². The van der Waals surface area contributed by atoms with Gasteiger partial charge in [-0.15, -0.1) is 0 Å². The number of aryl methyl sites for hydroxylation is 1. The van der Waals surface area contributed by atoms with Crippen LogP contribution in [0.4, 0.5) is 4.39 Å². The van der Waals surface area contributed by atoms with E-state index in [9.17, 15) is 4.39 Å². The van der Waals surface area contributed by atoms with Gasteiger partial charge in [-0.2, -0.15) is 0 Å². The monoisotopic (exact) mass is 200 g/mol. The molecule has 0 aliphatic carbocycles. The van der Waals surface area contributed by atoms with Gasteiger partial charge in [-0.1, -0.05) is 31.5 Å². The van der Waals surface area contributed by atoms with Crippen LogP contribution < -0.4 is 0 Å². The molecule has 0 saturated carbocycles. The molecule has 1 rings (SSSR count). The second-order valence-corrected chi connectivity index (χ2v) is 4.09. The minimum Gasteiger partial charge on any atom is -0.205 e. The molecule has 0 saturated heterocycles. The zero-order chi connectivity index (χ0) is 9.84. The molecule has 13 heavy (non-hydrogen) atoms. The first kappa shape index (κ1) is 10.5. The Labute approximate surface area is 83.7 Å². The summed E-state index contributed by atoms with van der Waals surface area (Å²) < 4.78 is 12.8. The molecule has 0 radical (unpaired) electrons. The molecule has 0 unspecified atom stereocenters. The lowest BCUT2D eigenvalue weighted by Gasteiger charge is -2.05. The number of hydrogen-bond acceptors (Lipinski definition) is 0. The maximum atomic E-state index is 12.8. The summed E-state index contributed by atoms with van der Waals surface area (Å²) in [5.74, 6) is 0.332. The Morgan fingerprint density at radius 1 is 1.38 bits per heavy atom. The number of rotatable bonds is 3. The number of hydrogen-bond donors (Lipinski definition) is 0. The van der Waals surface area contributed by atoms with Crippen molar-refractivity contribution >= 4 is 11.6 Å². The van der Waals surface area contributed by atoms with Crippen LogP contribution in [0.1, 0.15) is 25.8 Å². The Morgan fingerprint density at radius 3 is 2.62 bits per heavy atom. The van der Waals surface area contributed by atoms with Gasteiger partial charge in [-0.3, -0.25) is 0 Å². The van der Waals surface area contributed by atoms with E-state index < -0.39 is 0 Å². The molecule has 72 valence electrons. The molecule has 0 nitrogen and oxygen atoms in total. The lowest BCUT2D eigenvalue weighted by molar-refractivity contribution is 0.585. The molecule has 0 N–H and O–H groups in total. The molecule has 1 aromatic carbocycles. The average Bonchev–Trinajstić information content (AvgIpc) is 2.07. The van der Waals surface area contributed by atoms with Crippen LogP contribution in [0.3, 0.4) is 0 Å². The quantitative estimate of drug-likeness (QED) is 0.690. The van der Waals surface area contributed by atoms with E-state index in [0.29, 0.717) is 5.92 Å². The Balaban J connectivity index is 2.63. The van der Waals surface area contributed by atoms with Crippen molar-refractivity contribution < 1.29 is 4.39 Å². The van der Waals surface area contributed by atoms with Crippen molar-refractivity contribution in [2.45, 2.75) is 26.7 Å². The molecule has 0 fully saturated rings. The van der Waals surface area contributed by atoms with Gasteiger partial charge in [0.25, 0.3) is 0 Å². The summed E-state index contributed by atoms with van der Waals surface area (Å²) in [6.07, 6.45) is 2.08. The summed E-state index contributed by atoms with van der Waals surface area (Å²) in [5, 5.41) is 0.223. The smallest absolute Gasteiger partial charge is 0.141 e. The molecule has 0 atom stereocenters. The fourth-order valence-corrected chi connectivity index (χ4v) is 1.35. The Kier molecular flexibility index (Phi) is 3.73. The SMILES string of the molecule is CC(C)CCc1ccc(F)c(Cl)c1. The zero-order valence-electron chi connectivity index (χ0n) is 7.98. The first-order chi connectivity index (χ1) is 6.09. The third-order valence-corrected chi connectivity index (χ3v) is 2.28. The van der Waals surface area contributed by atoms with Gasteiger partial charge in [0.15, 0.2) is 0 Å². The molecule has 0 amide bonds. The average molecular weight is 201 g/mol. The topological polar surface area (TPSA) is 0 Å². The van der Waals surface area contributed by atoms with Crippen LogP contribution in [-0.4, -0.2) is 0 Å². The first-order valence-electron chi connectivity index (χ1n) is 4.53. The van der Waals surface area contributed by atoms with Crippen molar-refractivity contribution in [2.24, 2.45) is 5.92 Å². The molecule has 0 spiro atoms. The molecule has 1 aromatic rings. The normalized spacial score (nSPS) is 10.8. The van der Waals surface area contributed by atoms with Gasteiger partial charge in [0.1, 0.15) is 5.82 Å². The first-order valence-corrected chi connectivity index (χ1v) is 4.91. The highest BCUT2D eigenvalue weighted by Gasteiger charge is 2.01. The Morgan fingerprint density at radius 2 is 2.08 bits per heavy atom. The van der Waals surface area contributed by atoms with Gasteiger partial charge in [-0.25, -0.2) is 4.39 Å². The standard InChI is InChI=1S/C11H14ClF/c1-8(2)3-4-9-5-6-11(13)10(12)7-9/h5-8H,3-4H2,1-2H3.